The molecule has 0 bridgehead atoms. The van der Waals surface area contributed by atoms with Crippen LogP contribution >= 0.6 is 0 Å². The highest BCUT2D eigenvalue weighted by Crippen LogP contribution is 2.33. The van der Waals surface area contributed by atoms with Gasteiger partial charge in [0.2, 0.25) is 0 Å². The maximum atomic E-state index is 9.52. The molecule has 2 aromatic carbocycles. The molecule has 1 unspecified atom stereocenters. The summed E-state index contributed by atoms with van der Waals surface area (Å²) in [6, 6.07) is 12.2. The lowest BCUT2D eigenvalue weighted by atomic mass is 9.81. The fraction of sp³-hybridized carbons (Fsp3) is 0.444. The third-order valence-corrected chi connectivity index (χ3v) is 3.81. The van der Waals surface area contributed by atoms with Crippen molar-refractivity contribution in [2.24, 2.45) is 11.8 Å². The standard InChI is InChI=1S/C18H24O/c1-12(2)9-18(13(3)4)16-6-5-15-11-17(19)8-7-14(15)10-16/h5-8,10-13,18-19H,9H2,1-4H3. The fourth-order valence-electron chi connectivity index (χ4n) is 2.78. The van der Waals surface area contributed by atoms with Crippen molar-refractivity contribution in [3.8, 4) is 5.75 Å². The summed E-state index contributed by atoms with van der Waals surface area (Å²) in [5.41, 5.74) is 1.42. The van der Waals surface area contributed by atoms with E-state index < -0.39 is 0 Å². The summed E-state index contributed by atoms with van der Waals surface area (Å²) in [4.78, 5) is 0. The van der Waals surface area contributed by atoms with Gasteiger partial charge < -0.3 is 5.11 Å². The molecule has 0 saturated carbocycles. The summed E-state index contributed by atoms with van der Waals surface area (Å²) < 4.78 is 0. The van der Waals surface area contributed by atoms with Crippen molar-refractivity contribution in [3.63, 3.8) is 0 Å². The van der Waals surface area contributed by atoms with Gasteiger partial charge in [-0.3, -0.25) is 0 Å². The van der Waals surface area contributed by atoms with Crippen molar-refractivity contribution in [3.05, 3.63) is 42.0 Å². The zero-order valence-electron chi connectivity index (χ0n) is 12.4. The van der Waals surface area contributed by atoms with Gasteiger partial charge in [0, 0.05) is 0 Å². The first-order valence-electron chi connectivity index (χ1n) is 7.20. The molecule has 2 aromatic rings. The smallest absolute Gasteiger partial charge is 0.116 e. The molecule has 0 heterocycles. The van der Waals surface area contributed by atoms with E-state index in [-0.39, 0.29) is 0 Å². The summed E-state index contributed by atoms with van der Waals surface area (Å²) in [6.45, 7) is 9.17. The van der Waals surface area contributed by atoms with Crippen LogP contribution < -0.4 is 0 Å². The molecule has 0 amide bonds. The van der Waals surface area contributed by atoms with E-state index in [9.17, 15) is 5.11 Å². The van der Waals surface area contributed by atoms with E-state index in [1.165, 1.54) is 17.4 Å². The Morgan fingerprint density at radius 1 is 0.895 bits per heavy atom. The second kappa shape index (κ2) is 5.64. The Kier molecular flexibility index (Phi) is 4.14. The summed E-state index contributed by atoms with van der Waals surface area (Å²) >= 11 is 0. The van der Waals surface area contributed by atoms with Crippen LogP contribution in [0, 0.1) is 11.8 Å². The fourth-order valence-corrected chi connectivity index (χ4v) is 2.78. The van der Waals surface area contributed by atoms with Gasteiger partial charge in [-0.2, -0.15) is 0 Å². The quantitative estimate of drug-likeness (QED) is 0.783. The Morgan fingerprint density at radius 2 is 1.53 bits per heavy atom. The van der Waals surface area contributed by atoms with Crippen LogP contribution in [0.5, 0.6) is 5.75 Å². The van der Waals surface area contributed by atoms with Crippen LogP contribution in [0.15, 0.2) is 36.4 Å². The Labute approximate surface area is 116 Å². The predicted molar refractivity (Wildman–Crippen MR) is 82.6 cm³/mol. The number of phenolic OH excluding ortho intramolecular Hbond substituents is 1. The number of phenols is 1. The van der Waals surface area contributed by atoms with Crippen LogP contribution in [-0.4, -0.2) is 5.11 Å². The Balaban J connectivity index is 2.40. The Hall–Kier alpha value is -1.50. The van der Waals surface area contributed by atoms with E-state index in [4.69, 9.17) is 0 Å². The molecular formula is C18H24O. The molecule has 19 heavy (non-hydrogen) atoms. The average Bonchev–Trinajstić information content (AvgIpc) is 2.35. The number of rotatable bonds is 4. The molecule has 1 N–H and O–H groups in total. The van der Waals surface area contributed by atoms with Crippen LogP contribution in [0.4, 0.5) is 0 Å². The molecule has 0 spiro atoms. The topological polar surface area (TPSA) is 20.2 Å². The predicted octanol–water partition coefficient (Wildman–Crippen LogP) is 5.33. The zero-order chi connectivity index (χ0) is 14.0. The third-order valence-electron chi connectivity index (χ3n) is 3.81. The van der Waals surface area contributed by atoms with Gasteiger partial charge in [0.25, 0.3) is 0 Å². The number of hydrogen-bond donors (Lipinski definition) is 1. The highest BCUT2D eigenvalue weighted by atomic mass is 16.3. The number of hydrogen-bond acceptors (Lipinski definition) is 1. The van der Waals surface area contributed by atoms with Crippen molar-refractivity contribution in [2.45, 2.75) is 40.0 Å². The molecular weight excluding hydrogens is 232 g/mol. The molecule has 0 aromatic heterocycles. The second-order valence-electron chi connectivity index (χ2n) is 6.27. The molecule has 0 saturated heterocycles. The van der Waals surface area contributed by atoms with E-state index in [1.807, 2.05) is 12.1 Å². The Morgan fingerprint density at radius 3 is 2.16 bits per heavy atom. The maximum Gasteiger partial charge on any atom is 0.116 e. The number of aromatic hydroxyl groups is 1. The normalized spacial score (nSPS) is 13.4. The number of benzene rings is 2. The second-order valence-corrected chi connectivity index (χ2v) is 6.27. The zero-order valence-corrected chi connectivity index (χ0v) is 12.4. The summed E-state index contributed by atoms with van der Waals surface area (Å²) in [6.07, 6.45) is 1.22. The molecule has 102 valence electrons. The summed E-state index contributed by atoms with van der Waals surface area (Å²) in [7, 11) is 0. The molecule has 0 aliphatic heterocycles. The largest absolute Gasteiger partial charge is 0.508 e. The van der Waals surface area contributed by atoms with Crippen LogP contribution in [0.25, 0.3) is 10.8 Å². The third kappa shape index (κ3) is 3.28. The minimum absolute atomic E-state index is 0.336. The van der Waals surface area contributed by atoms with Crippen LogP contribution in [0.2, 0.25) is 0 Å². The molecule has 1 heteroatoms. The van der Waals surface area contributed by atoms with Gasteiger partial charge in [-0.25, -0.2) is 0 Å². The minimum Gasteiger partial charge on any atom is -0.508 e. The summed E-state index contributed by atoms with van der Waals surface area (Å²) in [5, 5.41) is 11.8. The van der Waals surface area contributed by atoms with Crippen molar-refractivity contribution in [2.75, 3.05) is 0 Å². The molecule has 0 fully saturated rings. The van der Waals surface area contributed by atoms with Crippen LogP contribution in [0.3, 0.4) is 0 Å². The van der Waals surface area contributed by atoms with E-state index in [0.717, 1.165) is 5.39 Å². The van der Waals surface area contributed by atoms with Crippen molar-refractivity contribution < 1.29 is 5.11 Å². The van der Waals surface area contributed by atoms with E-state index >= 15 is 0 Å². The van der Waals surface area contributed by atoms with Gasteiger partial charge >= 0.3 is 0 Å². The first kappa shape index (κ1) is 13.9. The van der Waals surface area contributed by atoms with Gasteiger partial charge in [0.15, 0.2) is 0 Å². The van der Waals surface area contributed by atoms with Crippen molar-refractivity contribution in [1.82, 2.24) is 0 Å². The number of fused-ring (bicyclic) bond motifs is 1. The van der Waals surface area contributed by atoms with Gasteiger partial charge in [-0.15, -0.1) is 0 Å². The minimum atomic E-state index is 0.336. The highest BCUT2D eigenvalue weighted by Gasteiger charge is 2.17. The maximum absolute atomic E-state index is 9.52. The van der Waals surface area contributed by atoms with E-state index in [0.29, 0.717) is 23.5 Å². The van der Waals surface area contributed by atoms with Crippen LogP contribution in [0.1, 0.15) is 45.6 Å². The molecule has 1 atom stereocenters. The van der Waals surface area contributed by atoms with Gasteiger partial charge in [0.1, 0.15) is 5.75 Å². The molecule has 2 rings (SSSR count). The monoisotopic (exact) mass is 256 g/mol. The first-order chi connectivity index (χ1) is 8.97. The lowest BCUT2D eigenvalue weighted by Gasteiger charge is -2.23. The van der Waals surface area contributed by atoms with Crippen molar-refractivity contribution in [1.29, 1.82) is 0 Å². The van der Waals surface area contributed by atoms with Crippen LogP contribution in [-0.2, 0) is 0 Å². The van der Waals surface area contributed by atoms with Gasteiger partial charge in [-0.05, 0) is 52.6 Å². The molecule has 0 radical (unpaired) electrons. The Bertz CT molecular complexity index is 555. The van der Waals surface area contributed by atoms with E-state index in [2.05, 4.69) is 45.9 Å². The summed E-state index contributed by atoms with van der Waals surface area (Å²) in [5.74, 6) is 2.31. The lowest BCUT2D eigenvalue weighted by Crippen LogP contribution is -2.09. The van der Waals surface area contributed by atoms with Crippen molar-refractivity contribution >= 4 is 10.8 Å². The molecule has 1 nitrogen and oxygen atoms in total. The molecule has 0 aliphatic rings. The average molecular weight is 256 g/mol. The lowest BCUT2D eigenvalue weighted by molar-refractivity contribution is 0.408. The molecule has 0 aliphatic carbocycles. The van der Waals surface area contributed by atoms with E-state index in [1.54, 1.807) is 6.07 Å². The van der Waals surface area contributed by atoms with Gasteiger partial charge in [-0.1, -0.05) is 52.0 Å². The highest BCUT2D eigenvalue weighted by molar-refractivity contribution is 5.84. The first-order valence-corrected chi connectivity index (χ1v) is 7.20. The SMILES string of the molecule is CC(C)CC(c1ccc2cc(O)ccc2c1)C(C)C. The van der Waals surface area contributed by atoms with Gasteiger partial charge in [0.05, 0.1) is 0 Å².